The molecule has 260 valence electrons. The summed E-state index contributed by atoms with van der Waals surface area (Å²) in [4.78, 5) is 16.0. The first kappa shape index (κ1) is 35.0. The molecule has 0 radical (unpaired) electrons. The first-order valence-electron chi connectivity index (χ1n) is 17.2. The Morgan fingerprint density at radius 2 is 2.04 bits per heavy atom. The number of nitrogens with zero attached hydrogens (tertiary/aromatic N) is 2. The molecule has 11 heteroatoms. The van der Waals surface area contributed by atoms with Gasteiger partial charge < -0.3 is 19.5 Å². The molecule has 2 aliphatic heterocycles. The summed E-state index contributed by atoms with van der Waals surface area (Å²) in [5.41, 5.74) is 3.13. The first-order valence-corrected chi connectivity index (χ1v) is 19.0. The highest BCUT2D eigenvalue weighted by Gasteiger charge is 2.44. The van der Waals surface area contributed by atoms with Crippen LogP contribution in [0.3, 0.4) is 0 Å². The van der Waals surface area contributed by atoms with E-state index in [4.69, 9.17) is 21.1 Å². The lowest BCUT2D eigenvalue weighted by atomic mass is 9.68. The maximum absolute atomic E-state index is 13.7. The van der Waals surface area contributed by atoms with E-state index in [1.807, 2.05) is 13.0 Å². The number of anilines is 1. The van der Waals surface area contributed by atoms with E-state index < -0.39 is 28.3 Å². The SMILES string of the molecule is C=CCC(C)N(C[C@@H]1CCCO1)S(=O)(=O)NC(=O)c1ccc2c(c1)N(C[C@@H]1CC[C@H]1C(O)C=C)C[C@@]1(CCCc3cc(Cl)ccc31)CO2. The third kappa shape index (κ3) is 7.19. The third-order valence-corrected chi connectivity index (χ3v) is 12.7. The predicted octanol–water partition coefficient (Wildman–Crippen LogP) is 5.81. The zero-order chi connectivity index (χ0) is 34.1. The molecule has 1 amide bonds. The van der Waals surface area contributed by atoms with Crippen LogP contribution in [0.5, 0.6) is 5.75 Å². The molecule has 9 nitrogen and oxygen atoms in total. The summed E-state index contributed by atoms with van der Waals surface area (Å²) >= 11 is 6.41. The number of amides is 1. The van der Waals surface area contributed by atoms with Gasteiger partial charge in [-0.3, -0.25) is 4.79 Å². The highest BCUT2D eigenvalue weighted by molar-refractivity contribution is 7.87. The van der Waals surface area contributed by atoms with Crippen LogP contribution in [0.2, 0.25) is 5.02 Å². The average Bonchev–Trinajstić information content (AvgIpc) is 3.52. The lowest BCUT2D eigenvalue weighted by Crippen LogP contribution is -2.50. The van der Waals surface area contributed by atoms with Gasteiger partial charge in [0.25, 0.3) is 5.91 Å². The minimum absolute atomic E-state index is 0.104. The number of rotatable bonds is 12. The number of fused-ring (bicyclic) bond motifs is 3. The molecule has 1 saturated carbocycles. The summed E-state index contributed by atoms with van der Waals surface area (Å²) in [5.74, 6) is 0.269. The van der Waals surface area contributed by atoms with Crippen LogP contribution < -0.4 is 14.4 Å². The second-order valence-corrected chi connectivity index (χ2v) is 16.1. The fourth-order valence-corrected chi connectivity index (χ4v) is 9.67. The summed E-state index contributed by atoms with van der Waals surface area (Å²) in [5, 5.41) is 11.4. The van der Waals surface area contributed by atoms with Crippen molar-refractivity contribution in [2.24, 2.45) is 11.8 Å². The van der Waals surface area contributed by atoms with Gasteiger partial charge in [0.15, 0.2) is 0 Å². The van der Waals surface area contributed by atoms with Crippen molar-refractivity contribution >= 4 is 33.4 Å². The average molecular weight is 698 g/mol. The van der Waals surface area contributed by atoms with Crippen molar-refractivity contribution in [3.05, 3.63) is 83.4 Å². The largest absolute Gasteiger partial charge is 0.490 e. The van der Waals surface area contributed by atoms with Crippen LogP contribution in [0.1, 0.15) is 73.4 Å². The summed E-state index contributed by atoms with van der Waals surface area (Å²) in [6, 6.07) is 10.9. The maximum atomic E-state index is 13.7. The van der Waals surface area contributed by atoms with E-state index in [0.29, 0.717) is 38.5 Å². The molecule has 6 rings (SSSR count). The summed E-state index contributed by atoms with van der Waals surface area (Å²) in [6.45, 7) is 11.9. The predicted molar refractivity (Wildman–Crippen MR) is 189 cm³/mol. The molecule has 2 aliphatic carbocycles. The van der Waals surface area contributed by atoms with Crippen LogP contribution in [0, 0.1) is 11.8 Å². The second kappa shape index (κ2) is 14.5. The quantitative estimate of drug-likeness (QED) is 0.270. The van der Waals surface area contributed by atoms with Crippen LogP contribution in [-0.2, 0) is 26.8 Å². The van der Waals surface area contributed by atoms with Crippen LogP contribution in [0.25, 0.3) is 0 Å². The van der Waals surface area contributed by atoms with Crippen LogP contribution in [0.15, 0.2) is 61.7 Å². The number of aryl methyl sites for hydroxylation is 1. The number of benzene rings is 2. The van der Waals surface area contributed by atoms with Gasteiger partial charge in [0.1, 0.15) is 5.75 Å². The molecule has 1 saturated heterocycles. The van der Waals surface area contributed by atoms with Crippen molar-refractivity contribution in [2.45, 2.75) is 82.0 Å². The van der Waals surface area contributed by atoms with Crippen LogP contribution in [-0.4, -0.2) is 74.8 Å². The molecule has 2 aromatic carbocycles. The molecule has 0 aromatic heterocycles. The van der Waals surface area contributed by atoms with E-state index in [0.717, 1.165) is 55.7 Å². The minimum atomic E-state index is -4.20. The number of hydrogen-bond acceptors (Lipinski definition) is 7. The first-order chi connectivity index (χ1) is 23.0. The fraction of sp³-hybridized carbons (Fsp3) is 0.541. The molecule has 48 heavy (non-hydrogen) atoms. The molecule has 1 spiro atoms. The van der Waals surface area contributed by atoms with Crippen molar-refractivity contribution in [1.82, 2.24) is 9.03 Å². The fourth-order valence-electron chi connectivity index (χ4n) is 8.08. The Morgan fingerprint density at radius 3 is 2.75 bits per heavy atom. The molecule has 2 fully saturated rings. The van der Waals surface area contributed by atoms with E-state index in [1.165, 1.54) is 15.4 Å². The second-order valence-electron chi connectivity index (χ2n) is 14.0. The van der Waals surface area contributed by atoms with E-state index in [1.54, 1.807) is 30.4 Å². The Hall–Kier alpha value is -2.89. The number of halogens is 1. The Kier molecular flexibility index (Phi) is 10.6. The van der Waals surface area contributed by atoms with Gasteiger partial charge in [0.05, 0.1) is 24.5 Å². The zero-order valence-corrected chi connectivity index (χ0v) is 29.4. The normalized spacial score (nSPS) is 26.4. The molecule has 2 heterocycles. The van der Waals surface area contributed by atoms with Gasteiger partial charge in [0.2, 0.25) is 0 Å². The van der Waals surface area contributed by atoms with Crippen LogP contribution in [0.4, 0.5) is 5.69 Å². The minimum Gasteiger partial charge on any atom is -0.490 e. The lowest BCUT2D eigenvalue weighted by Gasteiger charge is -2.45. The van der Waals surface area contributed by atoms with Crippen molar-refractivity contribution in [2.75, 3.05) is 37.7 Å². The van der Waals surface area contributed by atoms with E-state index in [2.05, 4.69) is 34.9 Å². The molecule has 6 atom stereocenters. The van der Waals surface area contributed by atoms with Gasteiger partial charge in [0, 0.05) is 48.3 Å². The summed E-state index contributed by atoms with van der Waals surface area (Å²) in [7, 11) is -4.20. The van der Waals surface area contributed by atoms with E-state index in [-0.39, 0.29) is 35.5 Å². The number of aliphatic hydroxyl groups is 1. The van der Waals surface area contributed by atoms with Crippen molar-refractivity contribution < 1.29 is 27.8 Å². The standard InChI is InChI=1S/C37H48ClN3O6S/c1-4-8-25(3)41(22-30-10-7-18-46-30)48(44,45)39-36(43)27-12-16-35-33(20-27)40(21-28-11-14-31(28)34(42)5-2)23-37(24-47-35)17-6-9-26-19-29(38)13-15-32(26)37/h4-5,12-13,15-16,19-20,25,28,30-31,34,42H,1-2,6-11,14,17-18,21-24H2,3H3,(H,39,43)/t25?,28-,30-,31+,34?,37-/m0/s1. The monoisotopic (exact) mass is 697 g/mol. The highest BCUT2D eigenvalue weighted by atomic mass is 35.5. The molecular formula is C37H48ClN3O6S. The Morgan fingerprint density at radius 1 is 1.21 bits per heavy atom. The smallest absolute Gasteiger partial charge is 0.304 e. The van der Waals surface area contributed by atoms with E-state index >= 15 is 0 Å². The van der Waals surface area contributed by atoms with Crippen LogP contribution >= 0.6 is 11.6 Å². The Bertz CT molecular complexity index is 1630. The maximum Gasteiger partial charge on any atom is 0.304 e. The van der Waals surface area contributed by atoms with Gasteiger partial charge >= 0.3 is 10.2 Å². The Balaban J connectivity index is 1.31. The number of hydrogen-bond donors (Lipinski definition) is 2. The number of carbonyl (C=O) groups is 1. The van der Waals surface area contributed by atoms with E-state index in [9.17, 15) is 18.3 Å². The number of ether oxygens (including phenoxy) is 2. The number of carbonyl (C=O) groups excluding carboxylic acids is 1. The van der Waals surface area contributed by atoms with Gasteiger partial charge in [-0.05, 0) is 112 Å². The zero-order valence-electron chi connectivity index (χ0n) is 27.8. The van der Waals surface area contributed by atoms with Crippen molar-refractivity contribution in [3.63, 3.8) is 0 Å². The number of nitrogens with one attached hydrogen (secondary N) is 1. The van der Waals surface area contributed by atoms with Gasteiger partial charge in [-0.2, -0.15) is 12.7 Å². The third-order valence-electron chi connectivity index (χ3n) is 10.8. The van der Waals surface area contributed by atoms with Gasteiger partial charge in [-0.15, -0.1) is 13.2 Å². The van der Waals surface area contributed by atoms with Gasteiger partial charge in [-0.25, -0.2) is 4.72 Å². The highest BCUT2D eigenvalue weighted by Crippen LogP contribution is 2.46. The number of aliphatic hydroxyl groups excluding tert-OH is 1. The molecule has 2 aromatic rings. The van der Waals surface area contributed by atoms with Crippen molar-refractivity contribution in [1.29, 1.82) is 0 Å². The molecule has 4 aliphatic rings. The lowest BCUT2D eigenvalue weighted by molar-refractivity contribution is 0.0460. The molecule has 0 bridgehead atoms. The van der Waals surface area contributed by atoms with Crippen molar-refractivity contribution in [3.8, 4) is 5.75 Å². The Labute approximate surface area is 290 Å². The summed E-state index contributed by atoms with van der Waals surface area (Å²) in [6.07, 6.45) is 9.37. The summed E-state index contributed by atoms with van der Waals surface area (Å²) < 4.78 is 43.4. The molecule has 2 N–H and O–H groups in total. The molecule has 2 unspecified atom stereocenters. The van der Waals surface area contributed by atoms with Gasteiger partial charge in [-0.1, -0.05) is 29.8 Å². The topological polar surface area (TPSA) is 108 Å². The molecular weight excluding hydrogens is 650 g/mol.